The van der Waals surface area contributed by atoms with Crippen molar-refractivity contribution >= 4 is 34.2 Å². The molecular weight excluding hydrogens is 351 g/mol. The number of aromatic hydroxyl groups is 1. The van der Waals surface area contributed by atoms with Crippen molar-refractivity contribution in [3.05, 3.63) is 72.0 Å². The summed E-state index contributed by atoms with van der Waals surface area (Å²) < 4.78 is 13.5. The zero-order chi connectivity index (χ0) is 18.5. The molecule has 0 aliphatic rings. The van der Waals surface area contributed by atoms with E-state index in [4.69, 9.17) is 0 Å². The Hall–Kier alpha value is -2.86. The van der Waals surface area contributed by atoms with Crippen LogP contribution in [-0.4, -0.2) is 22.5 Å². The number of hydrogen-bond acceptors (Lipinski definition) is 4. The Labute approximate surface area is 154 Å². The van der Waals surface area contributed by atoms with E-state index in [9.17, 15) is 14.3 Å². The first-order chi connectivity index (χ1) is 12.6. The largest absolute Gasteiger partial charge is 0.507 e. The van der Waals surface area contributed by atoms with E-state index in [1.165, 1.54) is 6.07 Å². The number of hydrazone groups is 1. The number of nitrogens with zero attached hydrogens (tertiary/aromatic N) is 1. The van der Waals surface area contributed by atoms with Crippen LogP contribution in [0.25, 0.3) is 10.8 Å². The first-order valence-corrected chi connectivity index (χ1v) is 8.96. The molecule has 0 bridgehead atoms. The number of carbonyl (C=O) groups is 1. The Morgan fingerprint density at radius 3 is 2.65 bits per heavy atom. The monoisotopic (exact) mass is 368 g/mol. The van der Waals surface area contributed by atoms with Gasteiger partial charge in [-0.1, -0.05) is 42.5 Å². The average Bonchev–Trinajstić information content (AvgIpc) is 2.66. The first-order valence-electron chi connectivity index (χ1n) is 7.98. The number of amides is 1. The maximum absolute atomic E-state index is 13.5. The van der Waals surface area contributed by atoms with E-state index in [2.05, 4.69) is 10.5 Å². The lowest BCUT2D eigenvalue weighted by atomic mass is 10.0. The maximum atomic E-state index is 13.5. The molecule has 0 saturated heterocycles. The highest BCUT2D eigenvalue weighted by molar-refractivity contribution is 8.00. The fourth-order valence-corrected chi connectivity index (χ4v) is 3.22. The topological polar surface area (TPSA) is 61.7 Å². The lowest BCUT2D eigenvalue weighted by Gasteiger charge is -2.08. The van der Waals surface area contributed by atoms with Crippen molar-refractivity contribution in [1.29, 1.82) is 0 Å². The van der Waals surface area contributed by atoms with Crippen molar-refractivity contribution in [2.24, 2.45) is 5.10 Å². The molecule has 3 rings (SSSR count). The zero-order valence-corrected chi connectivity index (χ0v) is 14.9. The molecule has 26 heavy (non-hydrogen) atoms. The molecule has 0 fully saturated rings. The summed E-state index contributed by atoms with van der Waals surface area (Å²) in [6, 6.07) is 17.4. The summed E-state index contributed by atoms with van der Waals surface area (Å²) in [5, 5.41) is 16.1. The smallest absolute Gasteiger partial charge is 0.250 e. The Morgan fingerprint density at radius 1 is 1.12 bits per heavy atom. The standard InChI is InChI=1S/C20H17FN2O2S/c1-13(15-11-10-14-6-2-3-7-16(14)20(15)25)22-23-19(24)12-26-18-9-5-4-8-17(18)21/h2-11,25H,12H2,1H3,(H,23,24)/b22-13+. The molecule has 3 aromatic carbocycles. The van der Waals surface area contributed by atoms with Gasteiger partial charge in [-0.15, -0.1) is 11.8 Å². The second-order valence-corrected chi connectivity index (χ2v) is 6.65. The van der Waals surface area contributed by atoms with Crippen LogP contribution in [0.4, 0.5) is 4.39 Å². The summed E-state index contributed by atoms with van der Waals surface area (Å²) in [6.07, 6.45) is 0. The van der Waals surface area contributed by atoms with E-state index in [1.807, 2.05) is 30.3 Å². The van der Waals surface area contributed by atoms with Crippen LogP contribution in [0.3, 0.4) is 0 Å². The van der Waals surface area contributed by atoms with Gasteiger partial charge in [-0.3, -0.25) is 4.79 Å². The summed E-state index contributed by atoms with van der Waals surface area (Å²) in [5.41, 5.74) is 3.47. The molecule has 0 aliphatic heterocycles. The third-order valence-corrected chi connectivity index (χ3v) is 4.88. The van der Waals surface area contributed by atoms with E-state index in [1.54, 1.807) is 31.2 Å². The van der Waals surface area contributed by atoms with Crippen molar-refractivity contribution in [3.63, 3.8) is 0 Å². The van der Waals surface area contributed by atoms with E-state index in [0.717, 1.165) is 22.5 Å². The quantitative estimate of drug-likeness (QED) is 0.401. The molecule has 0 aliphatic carbocycles. The molecule has 0 heterocycles. The number of carbonyl (C=O) groups excluding carboxylic acids is 1. The first kappa shape index (κ1) is 17.9. The number of thioether (sulfide) groups is 1. The van der Waals surface area contributed by atoms with Gasteiger partial charge >= 0.3 is 0 Å². The van der Waals surface area contributed by atoms with Crippen molar-refractivity contribution < 1.29 is 14.3 Å². The van der Waals surface area contributed by atoms with Crippen LogP contribution in [0.15, 0.2) is 70.7 Å². The molecule has 6 heteroatoms. The van der Waals surface area contributed by atoms with Gasteiger partial charge in [-0.2, -0.15) is 5.10 Å². The van der Waals surface area contributed by atoms with Crippen LogP contribution in [0.5, 0.6) is 5.75 Å². The zero-order valence-electron chi connectivity index (χ0n) is 14.1. The van der Waals surface area contributed by atoms with Gasteiger partial charge in [0.15, 0.2) is 0 Å². The average molecular weight is 368 g/mol. The van der Waals surface area contributed by atoms with Gasteiger partial charge in [-0.05, 0) is 30.5 Å². The van der Waals surface area contributed by atoms with Crippen molar-refractivity contribution in [2.45, 2.75) is 11.8 Å². The Morgan fingerprint density at radius 2 is 1.85 bits per heavy atom. The highest BCUT2D eigenvalue weighted by Crippen LogP contribution is 2.29. The molecule has 0 aromatic heterocycles. The molecule has 0 radical (unpaired) electrons. The number of rotatable bonds is 5. The number of fused-ring (bicyclic) bond motifs is 1. The Balaban J connectivity index is 1.67. The van der Waals surface area contributed by atoms with E-state index in [0.29, 0.717) is 16.2 Å². The van der Waals surface area contributed by atoms with Gasteiger partial charge in [-0.25, -0.2) is 9.82 Å². The van der Waals surface area contributed by atoms with Gasteiger partial charge in [0.1, 0.15) is 11.6 Å². The maximum Gasteiger partial charge on any atom is 0.250 e. The predicted octanol–water partition coefficient (Wildman–Crippen LogP) is 4.32. The fraction of sp³-hybridized carbons (Fsp3) is 0.100. The van der Waals surface area contributed by atoms with Gasteiger partial charge in [0.25, 0.3) is 0 Å². The molecule has 3 aromatic rings. The molecular formula is C20H17FN2O2S. The lowest BCUT2D eigenvalue weighted by molar-refractivity contribution is -0.118. The number of nitrogens with one attached hydrogen (secondary N) is 1. The van der Waals surface area contributed by atoms with Crippen LogP contribution in [0.1, 0.15) is 12.5 Å². The summed E-state index contributed by atoms with van der Waals surface area (Å²) >= 11 is 1.10. The number of benzene rings is 3. The minimum Gasteiger partial charge on any atom is -0.507 e. The lowest BCUT2D eigenvalue weighted by Crippen LogP contribution is -2.21. The third kappa shape index (κ3) is 4.03. The summed E-state index contributed by atoms with van der Waals surface area (Å²) in [6.45, 7) is 1.70. The van der Waals surface area contributed by atoms with Crippen molar-refractivity contribution in [2.75, 3.05) is 5.75 Å². The number of phenols is 1. The van der Waals surface area contributed by atoms with Crippen molar-refractivity contribution in [1.82, 2.24) is 5.43 Å². The van der Waals surface area contributed by atoms with E-state index < -0.39 is 0 Å². The molecule has 132 valence electrons. The number of phenolic OH excluding ortho intramolecular Hbond substituents is 1. The van der Waals surface area contributed by atoms with Gasteiger partial charge in [0.2, 0.25) is 5.91 Å². The Kier molecular flexibility index (Phi) is 5.53. The van der Waals surface area contributed by atoms with Gasteiger partial charge in [0.05, 0.1) is 11.5 Å². The number of halogens is 1. The Bertz CT molecular complexity index is 988. The molecule has 4 nitrogen and oxygen atoms in total. The van der Waals surface area contributed by atoms with Gasteiger partial charge < -0.3 is 5.11 Å². The SMILES string of the molecule is C/C(=N\NC(=O)CSc1ccccc1F)c1ccc2ccccc2c1O. The highest BCUT2D eigenvalue weighted by atomic mass is 32.2. The van der Waals surface area contributed by atoms with Crippen LogP contribution in [0.2, 0.25) is 0 Å². The van der Waals surface area contributed by atoms with Crippen molar-refractivity contribution in [3.8, 4) is 5.75 Å². The summed E-state index contributed by atoms with van der Waals surface area (Å²) in [7, 11) is 0. The molecule has 1 amide bonds. The minimum absolute atomic E-state index is 0.0431. The molecule has 0 saturated carbocycles. The third-order valence-electron chi connectivity index (χ3n) is 3.83. The molecule has 0 atom stereocenters. The van der Waals surface area contributed by atoms with Gasteiger partial charge in [0, 0.05) is 15.8 Å². The summed E-state index contributed by atoms with van der Waals surface area (Å²) in [5.74, 6) is -0.537. The molecule has 2 N–H and O–H groups in total. The number of hydrogen-bond donors (Lipinski definition) is 2. The minimum atomic E-state index is -0.355. The van der Waals surface area contributed by atoms with E-state index in [-0.39, 0.29) is 23.2 Å². The highest BCUT2D eigenvalue weighted by Gasteiger charge is 2.10. The second-order valence-electron chi connectivity index (χ2n) is 5.63. The predicted molar refractivity (Wildman–Crippen MR) is 103 cm³/mol. The van der Waals surface area contributed by atoms with Crippen LogP contribution in [0, 0.1) is 5.82 Å². The van der Waals surface area contributed by atoms with Crippen LogP contribution in [-0.2, 0) is 4.79 Å². The molecule has 0 spiro atoms. The second kappa shape index (κ2) is 8.01. The summed E-state index contributed by atoms with van der Waals surface area (Å²) in [4.78, 5) is 12.3. The molecule has 0 unspecified atom stereocenters. The van der Waals surface area contributed by atoms with E-state index >= 15 is 0 Å². The normalized spacial score (nSPS) is 11.5. The van der Waals surface area contributed by atoms with Crippen LogP contribution < -0.4 is 5.43 Å². The van der Waals surface area contributed by atoms with Crippen LogP contribution >= 0.6 is 11.8 Å². The fourth-order valence-electron chi connectivity index (χ4n) is 2.49.